The fraction of sp³-hybridized carbons (Fsp3) is 0.143. The third kappa shape index (κ3) is 3.93. The number of hydrogen-bond donors (Lipinski definition) is 1. The van der Waals surface area contributed by atoms with Crippen LogP contribution in [0.2, 0.25) is 5.02 Å². The summed E-state index contributed by atoms with van der Waals surface area (Å²) < 4.78 is 19.6. The van der Waals surface area contributed by atoms with Gasteiger partial charge in [-0.25, -0.2) is 4.39 Å². The van der Waals surface area contributed by atoms with Gasteiger partial charge in [-0.2, -0.15) is 0 Å². The van der Waals surface area contributed by atoms with Crippen LogP contribution in [-0.2, 0) is 6.54 Å². The highest BCUT2D eigenvalue weighted by Gasteiger charge is 2.07. The van der Waals surface area contributed by atoms with Gasteiger partial charge in [0.25, 0.3) is 0 Å². The molecule has 0 aliphatic heterocycles. The molecular formula is C14H12BrClFNO. The first-order chi connectivity index (χ1) is 9.08. The second kappa shape index (κ2) is 6.37. The second-order valence-corrected chi connectivity index (χ2v) is 5.34. The normalized spacial score (nSPS) is 10.5. The van der Waals surface area contributed by atoms with Crippen LogP contribution in [0.4, 0.5) is 4.39 Å². The van der Waals surface area contributed by atoms with Crippen molar-refractivity contribution in [3.05, 3.63) is 57.3 Å². The maximum atomic E-state index is 13.3. The fourth-order valence-corrected chi connectivity index (χ4v) is 2.33. The molecule has 0 bridgehead atoms. The smallest absolute Gasteiger partial charge is 0.132 e. The van der Waals surface area contributed by atoms with E-state index in [0.29, 0.717) is 27.5 Å². The monoisotopic (exact) mass is 343 g/mol. The van der Waals surface area contributed by atoms with Crippen LogP contribution in [0.15, 0.2) is 40.9 Å². The summed E-state index contributed by atoms with van der Waals surface area (Å²) >= 11 is 9.19. The van der Waals surface area contributed by atoms with Crippen molar-refractivity contribution in [2.24, 2.45) is 0 Å². The fourth-order valence-electron chi connectivity index (χ4n) is 1.69. The summed E-state index contributed by atoms with van der Waals surface area (Å²) in [5.41, 5.74) is 0.912. The molecule has 0 spiro atoms. The van der Waals surface area contributed by atoms with E-state index in [1.165, 1.54) is 12.1 Å². The molecule has 100 valence electrons. The van der Waals surface area contributed by atoms with Crippen LogP contribution in [0.3, 0.4) is 0 Å². The summed E-state index contributed by atoms with van der Waals surface area (Å²) in [5.74, 6) is 0.733. The average molecular weight is 345 g/mol. The predicted molar refractivity (Wildman–Crippen MR) is 78.4 cm³/mol. The molecule has 0 saturated heterocycles. The Kier molecular flexibility index (Phi) is 4.80. The lowest BCUT2D eigenvalue weighted by Gasteiger charge is -2.12. The number of benzene rings is 2. The Bertz CT molecular complexity index is 571. The van der Waals surface area contributed by atoms with Gasteiger partial charge in [-0.1, -0.05) is 27.5 Å². The van der Waals surface area contributed by atoms with E-state index < -0.39 is 0 Å². The molecule has 0 fully saturated rings. The zero-order valence-electron chi connectivity index (χ0n) is 10.2. The van der Waals surface area contributed by atoms with Crippen molar-refractivity contribution in [2.45, 2.75) is 6.54 Å². The summed E-state index contributed by atoms with van der Waals surface area (Å²) in [6.07, 6.45) is 0. The van der Waals surface area contributed by atoms with Gasteiger partial charge < -0.3 is 10.1 Å². The lowest BCUT2D eigenvalue weighted by Crippen LogP contribution is -2.06. The molecule has 0 aliphatic rings. The van der Waals surface area contributed by atoms with Gasteiger partial charge in [0.15, 0.2) is 0 Å². The largest absolute Gasteiger partial charge is 0.457 e. The Morgan fingerprint density at radius 1 is 1.26 bits per heavy atom. The van der Waals surface area contributed by atoms with Gasteiger partial charge >= 0.3 is 0 Å². The van der Waals surface area contributed by atoms with Gasteiger partial charge in [0.05, 0.1) is 0 Å². The number of nitrogens with one attached hydrogen (secondary N) is 1. The summed E-state index contributed by atoms with van der Waals surface area (Å²) in [6, 6.07) is 9.76. The van der Waals surface area contributed by atoms with Crippen LogP contribution in [0.5, 0.6) is 11.5 Å². The van der Waals surface area contributed by atoms with Crippen molar-refractivity contribution in [3.8, 4) is 11.5 Å². The number of ether oxygens (including phenoxy) is 1. The zero-order chi connectivity index (χ0) is 13.8. The van der Waals surface area contributed by atoms with E-state index >= 15 is 0 Å². The second-order valence-electron chi connectivity index (χ2n) is 3.99. The Morgan fingerprint density at radius 3 is 2.74 bits per heavy atom. The molecule has 0 aliphatic carbocycles. The number of hydrogen-bond acceptors (Lipinski definition) is 2. The third-order valence-electron chi connectivity index (χ3n) is 2.45. The summed E-state index contributed by atoms with van der Waals surface area (Å²) in [6.45, 7) is 0.617. The minimum absolute atomic E-state index is 0.353. The molecule has 19 heavy (non-hydrogen) atoms. The van der Waals surface area contributed by atoms with E-state index in [-0.39, 0.29) is 5.82 Å². The van der Waals surface area contributed by atoms with Crippen LogP contribution in [-0.4, -0.2) is 7.05 Å². The Hall–Kier alpha value is -1.10. The standard InChI is InChI=1S/C14H12BrClFNO/c1-18-8-9-4-11(16)2-3-14(9)19-13-6-10(15)5-12(17)7-13/h2-7,18H,8H2,1H3. The molecule has 2 rings (SSSR count). The summed E-state index contributed by atoms with van der Waals surface area (Å²) in [7, 11) is 1.84. The summed E-state index contributed by atoms with van der Waals surface area (Å²) in [5, 5.41) is 3.68. The molecule has 5 heteroatoms. The molecule has 0 amide bonds. The van der Waals surface area contributed by atoms with Crippen molar-refractivity contribution < 1.29 is 9.13 Å². The quantitative estimate of drug-likeness (QED) is 0.864. The molecule has 2 aromatic rings. The van der Waals surface area contributed by atoms with Crippen molar-refractivity contribution in [1.29, 1.82) is 0 Å². The van der Waals surface area contributed by atoms with E-state index in [1.54, 1.807) is 18.2 Å². The topological polar surface area (TPSA) is 21.3 Å². The van der Waals surface area contributed by atoms with Crippen molar-refractivity contribution in [1.82, 2.24) is 5.32 Å². The van der Waals surface area contributed by atoms with Crippen molar-refractivity contribution >= 4 is 27.5 Å². The molecule has 2 aromatic carbocycles. The van der Waals surface area contributed by atoms with Crippen molar-refractivity contribution in [2.75, 3.05) is 7.05 Å². The van der Waals surface area contributed by atoms with E-state index in [1.807, 2.05) is 13.1 Å². The average Bonchev–Trinajstić information content (AvgIpc) is 2.32. The number of rotatable bonds is 4. The minimum Gasteiger partial charge on any atom is -0.457 e. The molecule has 0 saturated carbocycles. The van der Waals surface area contributed by atoms with Gasteiger partial charge in [0, 0.05) is 27.7 Å². The van der Waals surface area contributed by atoms with E-state index in [2.05, 4.69) is 21.2 Å². The lowest BCUT2D eigenvalue weighted by molar-refractivity contribution is 0.468. The minimum atomic E-state index is -0.353. The Morgan fingerprint density at radius 2 is 2.05 bits per heavy atom. The van der Waals surface area contributed by atoms with Crippen molar-refractivity contribution in [3.63, 3.8) is 0 Å². The van der Waals surface area contributed by atoms with E-state index in [0.717, 1.165) is 5.56 Å². The van der Waals surface area contributed by atoms with Crippen LogP contribution < -0.4 is 10.1 Å². The highest BCUT2D eigenvalue weighted by Crippen LogP contribution is 2.30. The maximum Gasteiger partial charge on any atom is 0.132 e. The Balaban J connectivity index is 2.31. The molecule has 0 unspecified atom stereocenters. The summed E-state index contributed by atoms with van der Waals surface area (Å²) in [4.78, 5) is 0. The third-order valence-corrected chi connectivity index (χ3v) is 3.15. The molecular weight excluding hydrogens is 333 g/mol. The predicted octanol–water partition coefficient (Wildman–Crippen LogP) is 4.75. The van der Waals surface area contributed by atoms with Gasteiger partial charge in [-0.05, 0) is 37.4 Å². The Labute approximate surface area is 124 Å². The maximum absolute atomic E-state index is 13.3. The molecule has 0 atom stereocenters. The lowest BCUT2D eigenvalue weighted by atomic mass is 10.2. The highest BCUT2D eigenvalue weighted by atomic mass is 79.9. The van der Waals surface area contributed by atoms with Gasteiger partial charge in [0.2, 0.25) is 0 Å². The molecule has 2 nitrogen and oxygen atoms in total. The van der Waals surface area contributed by atoms with Crippen LogP contribution in [0.25, 0.3) is 0 Å². The van der Waals surface area contributed by atoms with Crippen LogP contribution in [0.1, 0.15) is 5.56 Å². The van der Waals surface area contributed by atoms with Gasteiger partial charge in [-0.3, -0.25) is 0 Å². The first kappa shape index (κ1) is 14.3. The highest BCUT2D eigenvalue weighted by molar-refractivity contribution is 9.10. The van der Waals surface area contributed by atoms with E-state index in [9.17, 15) is 4.39 Å². The van der Waals surface area contributed by atoms with Crippen LogP contribution >= 0.6 is 27.5 Å². The zero-order valence-corrected chi connectivity index (χ0v) is 12.6. The SMILES string of the molecule is CNCc1cc(Cl)ccc1Oc1cc(F)cc(Br)c1. The first-order valence-corrected chi connectivity index (χ1v) is 6.82. The molecule has 0 aromatic heterocycles. The number of halogens is 3. The molecule has 0 heterocycles. The van der Waals surface area contributed by atoms with Gasteiger partial charge in [-0.15, -0.1) is 0 Å². The first-order valence-electron chi connectivity index (χ1n) is 5.65. The van der Waals surface area contributed by atoms with Gasteiger partial charge in [0.1, 0.15) is 17.3 Å². The molecule has 1 N–H and O–H groups in total. The van der Waals surface area contributed by atoms with Crippen LogP contribution in [0, 0.1) is 5.82 Å². The van der Waals surface area contributed by atoms with E-state index in [4.69, 9.17) is 16.3 Å². The molecule has 0 radical (unpaired) electrons.